The lowest BCUT2D eigenvalue weighted by Crippen LogP contribution is -2.21. The van der Waals surface area contributed by atoms with Gasteiger partial charge in [0.1, 0.15) is 17.3 Å². The Hall–Kier alpha value is -0.180. The number of carboxylic acids is 1. The fraction of sp³-hybridized carbons (Fsp3) is 0.958. The van der Waals surface area contributed by atoms with Gasteiger partial charge in [0.05, 0.1) is 0 Å². The molecule has 0 amide bonds. The van der Waals surface area contributed by atoms with Crippen molar-refractivity contribution in [1.29, 1.82) is 0 Å². The third kappa shape index (κ3) is 28.1. The maximum Gasteiger partial charge on any atom is 0.105 e. The van der Waals surface area contributed by atoms with Crippen LogP contribution in [0.25, 0.3) is 0 Å². The number of carboxylic acid groups (broad SMARTS) is 1. The average molecular weight is 403 g/mol. The highest BCUT2D eigenvalue weighted by molar-refractivity contribution is 7.96. The van der Waals surface area contributed by atoms with Gasteiger partial charge < -0.3 is 9.90 Å². The lowest BCUT2D eigenvalue weighted by molar-refractivity contribution is -0.305. The summed E-state index contributed by atoms with van der Waals surface area (Å²) in [4.78, 5) is 10.2. The number of unbranched alkanes of at least 4 members (excludes halogenated alkanes) is 14. The van der Waals surface area contributed by atoms with Crippen LogP contribution in [-0.4, -0.2) is 23.2 Å². The van der Waals surface area contributed by atoms with Crippen LogP contribution in [0.2, 0.25) is 0 Å². The van der Waals surface area contributed by atoms with E-state index in [1.165, 1.54) is 101 Å². The SMILES string of the molecule is CCCCCCCCCCCCCCCCCC(=O)[O-].CC[S+](CC)CC. The quantitative estimate of drug-likeness (QED) is 0.179. The van der Waals surface area contributed by atoms with E-state index < -0.39 is 5.97 Å². The van der Waals surface area contributed by atoms with Crippen molar-refractivity contribution in [3.63, 3.8) is 0 Å². The van der Waals surface area contributed by atoms with Crippen LogP contribution in [-0.2, 0) is 15.7 Å². The van der Waals surface area contributed by atoms with Gasteiger partial charge in [0.15, 0.2) is 0 Å². The molecule has 3 heteroatoms. The minimum atomic E-state index is -0.903. The third-order valence-corrected chi connectivity index (χ3v) is 7.66. The Bertz CT molecular complexity index is 272. The number of hydrogen-bond donors (Lipinski definition) is 0. The Morgan fingerprint density at radius 3 is 1.07 bits per heavy atom. The van der Waals surface area contributed by atoms with Crippen LogP contribution < -0.4 is 5.11 Å². The summed E-state index contributed by atoms with van der Waals surface area (Å²) >= 11 is 0. The van der Waals surface area contributed by atoms with Gasteiger partial charge in [-0.2, -0.15) is 0 Å². The molecule has 0 heterocycles. The molecular weight excluding hydrogens is 352 g/mol. The normalized spacial score (nSPS) is 10.7. The number of carbonyl (C=O) groups excluding carboxylic acids is 1. The summed E-state index contributed by atoms with van der Waals surface area (Å²) < 4.78 is 0. The van der Waals surface area contributed by atoms with Crippen LogP contribution in [0.15, 0.2) is 0 Å². The minimum absolute atomic E-state index is 0.234. The van der Waals surface area contributed by atoms with Crippen molar-refractivity contribution in [2.24, 2.45) is 0 Å². The van der Waals surface area contributed by atoms with Crippen molar-refractivity contribution in [2.75, 3.05) is 17.3 Å². The van der Waals surface area contributed by atoms with Crippen molar-refractivity contribution < 1.29 is 9.90 Å². The maximum atomic E-state index is 10.2. The Morgan fingerprint density at radius 1 is 0.556 bits per heavy atom. The summed E-state index contributed by atoms with van der Waals surface area (Å²) in [5.41, 5.74) is 0. The van der Waals surface area contributed by atoms with Gasteiger partial charge in [-0.3, -0.25) is 0 Å². The summed E-state index contributed by atoms with van der Waals surface area (Å²) in [7, 11) is 0.755. The summed E-state index contributed by atoms with van der Waals surface area (Å²) in [5.74, 6) is 3.24. The Labute approximate surface area is 174 Å². The van der Waals surface area contributed by atoms with Crippen molar-refractivity contribution in [3.8, 4) is 0 Å². The van der Waals surface area contributed by atoms with E-state index >= 15 is 0 Å². The van der Waals surface area contributed by atoms with E-state index in [-0.39, 0.29) is 6.42 Å². The van der Waals surface area contributed by atoms with E-state index in [0.717, 1.165) is 23.7 Å². The number of carbonyl (C=O) groups is 1. The molecule has 0 saturated carbocycles. The van der Waals surface area contributed by atoms with E-state index in [9.17, 15) is 9.90 Å². The lowest BCUT2D eigenvalue weighted by Gasteiger charge is -2.04. The molecule has 164 valence electrons. The highest BCUT2D eigenvalue weighted by Gasteiger charge is 2.05. The molecule has 0 unspecified atom stereocenters. The molecule has 0 aliphatic rings. The first-order valence-corrected chi connectivity index (χ1v) is 13.7. The van der Waals surface area contributed by atoms with Gasteiger partial charge in [0.2, 0.25) is 0 Å². The molecular formula is C24H50O2S. The summed E-state index contributed by atoms with van der Waals surface area (Å²) in [5, 5.41) is 10.2. The van der Waals surface area contributed by atoms with E-state index in [1.54, 1.807) is 0 Å². The smallest absolute Gasteiger partial charge is 0.105 e. The molecule has 0 aromatic carbocycles. The molecule has 0 aromatic heterocycles. The predicted octanol–water partition coefficient (Wildman–Crippen LogP) is 6.66. The van der Waals surface area contributed by atoms with Gasteiger partial charge in [-0.05, 0) is 44.5 Å². The van der Waals surface area contributed by atoms with Crippen LogP contribution >= 0.6 is 0 Å². The van der Waals surface area contributed by atoms with E-state index in [2.05, 4.69) is 27.7 Å². The first kappa shape index (κ1) is 29.0. The minimum Gasteiger partial charge on any atom is -0.550 e. The Kier molecular flexibility index (Phi) is 27.8. The fourth-order valence-corrected chi connectivity index (χ4v) is 4.48. The van der Waals surface area contributed by atoms with E-state index in [1.807, 2.05) is 0 Å². The van der Waals surface area contributed by atoms with Gasteiger partial charge in [-0.25, -0.2) is 0 Å². The summed E-state index contributed by atoms with van der Waals surface area (Å²) in [6.07, 6.45) is 19.9. The third-order valence-electron chi connectivity index (χ3n) is 5.21. The largest absolute Gasteiger partial charge is 0.550 e. The molecule has 0 N–H and O–H groups in total. The van der Waals surface area contributed by atoms with Gasteiger partial charge in [-0.1, -0.05) is 96.8 Å². The zero-order valence-corrected chi connectivity index (χ0v) is 20.0. The molecule has 0 aliphatic carbocycles. The Balaban J connectivity index is 0. The molecule has 0 aliphatic heterocycles. The van der Waals surface area contributed by atoms with Crippen LogP contribution in [0.5, 0.6) is 0 Å². The number of rotatable bonds is 19. The first-order chi connectivity index (χ1) is 13.1. The van der Waals surface area contributed by atoms with Crippen LogP contribution in [0, 0.1) is 0 Å². The second kappa shape index (κ2) is 25.8. The molecule has 0 fully saturated rings. The highest BCUT2D eigenvalue weighted by Crippen LogP contribution is 2.13. The molecule has 0 bridgehead atoms. The van der Waals surface area contributed by atoms with Gasteiger partial charge >= 0.3 is 0 Å². The topological polar surface area (TPSA) is 40.1 Å². The number of hydrogen-bond acceptors (Lipinski definition) is 2. The molecule has 0 spiro atoms. The lowest BCUT2D eigenvalue weighted by atomic mass is 10.0. The van der Waals surface area contributed by atoms with Crippen molar-refractivity contribution in [1.82, 2.24) is 0 Å². The van der Waals surface area contributed by atoms with E-state index in [0.29, 0.717) is 0 Å². The summed E-state index contributed by atoms with van der Waals surface area (Å²) in [6.45, 7) is 9.09. The standard InChI is InChI=1S/C18H36O2.C6H15S/c1-2-3-4-5-6-7-8-9-10-11-12-13-14-15-16-17-18(19)20;1-4-7(5-2)6-3/h2-17H2,1H3,(H,19,20);4-6H2,1-3H3/q;+1/p-1. The van der Waals surface area contributed by atoms with Gasteiger partial charge in [-0.15, -0.1) is 0 Å². The molecule has 0 aromatic rings. The average Bonchev–Trinajstić information content (AvgIpc) is 2.66. The van der Waals surface area contributed by atoms with Gasteiger partial charge in [0, 0.05) is 5.97 Å². The number of aliphatic carboxylic acids is 1. The fourth-order valence-electron chi connectivity index (χ4n) is 3.25. The predicted molar refractivity (Wildman–Crippen MR) is 124 cm³/mol. The summed E-state index contributed by atoms with van der Waals surface area (Å²) in [6, 6.07) is 0. The van der Waals surface area contributed by atoms with Crippen LogP contribution in [0.4, 0.5) is 0 Å². The van der Waals surface area contributed by atoms with Crippen molar-refractivity contribution >= 4 is 16.9 Å². The molecule has 27 heavy (non-hydrogen) atoms. The monoisotopic (exact) mass is 402 g/mol. The van der Waals surface area contributed by atoms with E-state index in [4.69, 9.17) is 0 Å². The zero-order chi connectivity index (χ0) is 20.6. The van der Waals surface area contributed by atoms with Gasteiger partial charge in [0.25, 0.3) is 0 Å². The molecule has 0 atom stereocenters. The van der Waals surface area contributed by atoms with Crippen LogP contribution in [0.3, 0.4) is 0 Å². The molecule has 2 nitrogen and oxygen atoms in total. The second-order valence-corrected chi connectivity index (χ2v) is 10.5. The first-order valence-electron chi connectivity index (χ1n) is 12.0. The highest BCUT2D eigenvalue weighted by atomic mass is 32.2. The van der Waals surface area contributed by atoms with Crippen molar-refractivity contribution in [3.05, 3.63) is 0 Å². The zero-order valence-electron chi connectivity index (χ0n) is 19.2. The maximum absolute atomic E-state index is 10.2. The molecule has 0 rings (SSSR count). The molecule has 0 radical (unpaired) electrons. The van der Waals surface area contributed by atoms with Crippen molar-refractivity contribution in [2.45, 2.75) is 130 Å². The second-order valence-electron chi connectivity index (χ2n) is 7.55. The molecule has 0 saturated heterocycles. The van der Waals surface area contributed by atoms with Crippen LogP contribution in [0.1, 0.15) is 130 Å². The Morgan fingerprint density at radius 2 is 0.852 bits per heavy atom.